The topological polar surface area (TPSA) is 61.4 Å². The molecule has 1 aromatic carbocycles. The third-order valence-electron chi connectivity index (χ3n) is 4.37. The molecule has 0 unspecified atom stereocenters. The number of carbonyl (C=O) groups is 2. The van der Waals surface area contributed by atoms with Crippen LogP contribution in [0.15, 0.2) is 35.9 Å². The highest BCUT2D eigenvalue weighted by Gasteiger charge is 2.20. The van der Waals surface area contributed by atoms with E-state index in [4.69, 9.17) is 0 Å². The number of hydrogen-bond acceptors (Lipinski definition) is 2. The van der Waals surface area contributed by atoms with Crippen molar-refractivity contribution in [3.05, 3.63) is 41.5 Å². The zero-order valence-electron chi connectivity index (χ0n) is 13.3. The van der Waals surface area contributed by atoms with E-state index in [-0.39, 0.29) is 11.9 Å². The van der Waals surface area contributed by atoms with Crippen LogP contribution in [-0.4, -0.2) is 31.6 Å². The highest BCUT2D eigenvalue weighted by Crippen LogP contribution is 2.18. The second-order valence-electron chi connectivity index (χ2n) is 6.11. The molecule has 2 aliphatic rings. The number of benzene rings is 1. The molecule has 0 saturated carbocycles. The molecule has 5 nitrogen and oxygen atoms in total. The number of nitrogens with zero attached hydrogens (tertiary/aromatic N) is 1. The van der Waals surface area contributed by atoms with Crippen molar-refractivity contribution in [2.75, 3.05) is 24.5 Å². The van der Waals surface area contributed by atoms with E-state index >= 15 is 0 Å². The van der Waals surface area contributed by atoms with Gasteiger partial charge < -0.3 is 10.6 Å². The standard InChI is InChI=1S/C18H23N3O2/c22-17(20-13-15-4-2-1-3-5-15)12-14-6-8-16(9-7-14)21-11-10-19-18(21)23/h4,6-9H,1-3,5,10-13H2,(H,19,23)(H,20,22). The van der Waals surface area contributed by atoms with Gasteiger partial charge in [-0.1, -0.05) is 23.8 Å². The third kappa shape index (κ3) is 4.12. The molecule has 23 heavy (non-hydrogen) atoms. The number of carbonyl (C=O) groups excluding carboxylic acids is 2. The van der Waals surface area contributed by atoms with Gasteiger partial charge in [-0.25, -0.2) is 4.79 Å². The molecule has 1 aliphatic carbocycles. The van der Waals surface area contributed by atoms with Crippen LogP contribution in [0.25, 0.3) is 0 Å². The maximum atomic E-state index is 12.0. The maximum Gasteiger partial charge on any atom is 0.321 e. The average molecular weight is 313 g/mol. The normalized spacial score (nSPS) is 17.7. The van der Waals surface area contributed by atoms with Gasteiger partial charge in [0.25, 0.3) is 0 Å². The molecule has 3 amide bonds. The molecule has 0 aromatic heterocycles. The van der Waals surface area contributed by atoms with E-state index in [1.54, 1.807) is 4.90 Å². The van der Waals surface area contributed by atoms with Gasteiger partial charge in [-0.15, -0.1) is 0 Å². The van der Waals surface area contributed by atoms with Crippen LogP contribution in [0.1, 0.15) is 31.2 Å². The van der Waals surface area contributed by atoms with Crippen LogP contribution in [0.5, 0.6) is 0 Å². The van der Waals surface area contributed by atoms with Crippen molar-refractivity contribution >= 4 is 17.6 Å². The minimum atomic E-state index is -0.0590. The van der Waals surface area contributed by atoms with E-state index in [2.05, 4.69) is 16.7 Å². The van der Waals surface area contributed by atoms with Crippen LogP contribution in [-0.2, 0) is 11.2 Å². The summed E-state index contributed by atoms with van der Waals surface area (Å²) < 4.78 is 0. The Labute approximate surface area is 136 Å². The van der Waals surface area contributed by atoms with Crippen LogP contribution in [0.3, 0.4) is 0 Å². The Morgan fingerprint density at radius 1 is 1.22 bits per heavy atom. The van der Waals surface area contributed by atoms with Crippen molar-refractivity contribution < 1.29 is 9.59 Å². The Balaban J connectivity index is 1.50. The summed E-state index contributed by atoms with van der Waals surface area (Å²) >= 11 is 0. The molecule has 0 bridgehead atoms. The predicted octanol–water partition coefficient (Wildman–Crippen LogP) is 2.38. The fraction of sp³-hybridized carbons (Fsp3) is 0.444. The molecule has 0 atom stereocenters. The molecule has 122 valence electrons. The average Bonchev–Trinajstić information content (AvgIpc) is 3.01. The Bertz CT molecular complexity index is 607. The first-order valence-corrected chi connectivity index (χ1v) is 8.31. The van der Waals surface area contributed by atoms with Crippen LogP contribution < -0.4 is 15.5 Å². The number of urea groups is 1. The van der Waals surface area contributed by atoms with Gasteiger partial charge in [-0.05, 0) is 43.4 Å². The molecular weight excluding hydrogens is 290 g/mol. The van der Waals surface area contributed by atoms with E-state index in [1.165, 1.54) is 18.4 Å². The minimum absolute atomic E-state index is 0.0446. The predicted molar refractivity (Wildman–Crippen MR) is 90.5 cm³/mol. The van der Waals surface area contributed by atoms with E-state index in [1.807, 2.05) is 24.3 Å². The second kappa shape index (κ2) is 7.31. The van der Waals surface area contributed by atoms with Crippen molar-refractivity contribution in [1.82, 2.24) is 10.6 Å². The maximum absolute atomic E-state index is 12.0. The van der Waals surface area contributed by atoms with E-state index in [9.17, 15) is 9.59 Å². The molecule has 1 aliphatic heterocycles. The van der Waals surface area contributed by atoms with Crippen molar-refractivity contribution in [3.63, 3.8) is 0 Å². The van der Waals surface area contributed by atoms with Gasteiger partial charge in [0.05, 0.1) is 6.42 Å². The molecule has 1 fully saturated rings. The lowest BCUT2D eigenvalue weighted by molar-refractivity contribution is -0.120. The lowest BCUT2D eigenvalue weighted by Gasteiger charge is -2.15. The lowest BCUT2D eigenvalue weighted by atomic mass is 9.99. The van der Waals surface area contributed by atoms with Crippen LogP contribution in [0.2, 0.25) is 0 Å². The molecule has 3 rings (SSSR count). The van der Waals surface area contributed by atoms with Crippen molar-refractivity contribution in [2.24, 2.45) is 0 Å². The van der Waals surface area contributed by atoms with Gasteiger partial charge in [0.2, 0.25) is 5.91 Å². The van der Waals surface area contributed by atoms with Gasteiger partial charge in [0, 0.05) is 25.3 Å². The van der Waals surface area contributed by atoms with E-state index in [0.717, 1.165) is 24.1 Å². The fourth-order valence-electron chi connectivity index (χ4n) is 3.04. The summed E-state index contributed by atoms with van der Waals surface area (Å²) in [5, 5.41) is 5.78. The number of allylic oxidation sites excluding steroid dienone is 1. The smallest absolute Gasteiger partial charge is 0.321 e. The quantitative estimate of drug-likeness (QED) is 0.820. The third-order valence-corrected chi connectivity index (χ3v) is 4.37. The van der Waals surface area contributed by atoms with Crippen molar-refractivity contribution in [3.8, 4) is 0 Å². The highest BCUT2D eigenvalue weighted by molar-refractivity contribution is 5.94. The van der Waals surface area contributed by atoms with Gasteiger partial charge in [0.15, 0.2) is 0 Å². The fourth-order valence-corrected chi connectivity index (χ4v) is 3.04. The monoisotopic (exact) mass is 313 g/mol. The first-order chi connectivity index (χ1) is 11.2. The summed E-state index contributed by atoms with van der Waals surface area (Å²) in [4.78, 5) is 25.4. The molecule has 1 aromatic rings. The SMILES string of the molecule is O=C(Cc1ccc(N2CCNC2=O)cc1)NCC1=CCCCC1. The number of rotatable bonds is 5. The van der Waals surface area contributed by atoms with Crippen LogP contribution in [0, 0.1) is 0 Å². The Hall–Kier alpha value is -2.30. The van der Waals surface area contributed by atoms with Gasteiger partial charge in [0.1, 0.15) is 0 Å². The first kappa shape index (κ1) is 15.6. The molecule has 0 spiro atoms. The van der Waals surface area contributed by atoms with E-state index in [0.29, 0.717) is 26.1 Å². The van der Waals surface area contributed by atoms with E-state index < -0.39 is 0 Å². The molecule has 2 N–H and O–H groups in total. The molecule has 1 heterocycles. The van der Waals surface area contributed by atoms with Crippen molar-refractivity contribution in [2.45, 2.75) is 32.1 Å². The summed E-state index contributed by atoms with van der Waals surface area (Å²) in [5.41, 5.74) is 3.18. The zero-order chi connectivity index (χ0) is 16.1. The molecule has 5 heteroatoms. The summed E-state index contributed by atoms with van der Waals surface area (Å²) in [7, 11) is 0. The largest absolute Gasteiger partial charge is 0.352 e. The number of amides is 3. The Morgan fingerprint density at radius 2 is 2.04 bits per heavy atom. The summed E-state index contributed by atoms with van der Waals surface area (Å²) in [6.07, 6.45) is 7.36. The highest BCUT2D eigenvalue weighted by atomic mass is 16.2. The van der Waals surface area contributed by atoms with Gasteiger partial charge >= 0.3 is 6.03 Å². The summed E-state index contributed by atoms with van der Waals surface area (Å²) in [6, 6.07) is 7.58. The molecule has 0 radical (unpaired) electrons. The lowest BCUT2D eigenvalue weighted by Crippen LogP contribution is -2.28. The van der Waals surface area contributed by atoms with Crippen molar-refractivity contribution in [1.29, 1.82) is 0 Å². The number of nitrogens with one attached hydrogen (secondary N) is 2. The zero-order valence-corrected chi connectivity index (χ0v) is 13.3. The Kier molecular flexibility index (Phi) is 4.95. The number of hydrogen-bond donors (Lipinski definition) is 2. The first-order valence-electron chi connectivity index (χ1n) is 8.31. The van der Waals surface area contributed by atoms with Crippen LogP contribution >= 0.6 is 0 Å². The van der Waals surface area contributed by atoms with Gasteiger partial charge in [-0.3, -0.25) is 9.69 Å². The summed E-state index contributed by atoms with van der Waals surface area (Å²) in [5.74, 6) is 0.0446. The van der Waals surface area contributed by atoms with Crippen LogP contribution in [0.4, 0.5) is 10.5 Å². The molecular formula is C18H23N3O2. The second-order valence-corrected chi connectivity index (χ2v) is 6.11. The Morgan fingerprint density at radius 3 is 2.70 bits per heavy atom. The molecule has 1 saturated heterocycles. The van der Waals surface area contributed by atoms with Gasteiger partial charge in [-0.2, -0.15) is 0 Å². The number of anilines is 1. The summed E-state index contributed by atoms with van der Waals surface area (Å²) in [6.45, 7) is 2.04. The minimum Gasteiger partial charge on any atom is -0.352 e.